The molecule has 1 fully saturated rings. The highest BCUT2D eigenvalue weighted by Crippen LogP contribution is 2.24. The zero-order chi connectivity index (χ0) is 16.9. The number of amides is 1. The van der Waals surface area contributed by atoms with Crippen LogP contribution in [0.25, 0.3) is 0 Å². The Bertz CT molecular complexity index is 553. The van der Waals surface area contributed by atoms with Crippen molar-refractivity contribution >= 4 is 17.7 Å². The Hall–Kier alpha value is -1.01. The number of aromatic nitrogens is 2. The van der Waals surface area contributed by atoms with Crippen LogP contribution in [-0.2, 0) is 24.4 Å². The normalized spacial score (nSPS) is 20.1. The number of nitrogens with one attached hydrogen (secondary N) is 1. The van der Waals surface area contributed by atoms with Crippen LogP contribution < -0.4 is 5.32 Å². The van der Waals surface area contributed by atoms with Gasteiger partial charge in [-0.05, 0) is 38.1 Å². The van der Waals surface area contributed by atoms with Crippen molar-refractivity contribution in [3.8, 4) is 0 Å². The molecule has 6 heteroatoms. The monoisotopic (exact) mass is 350 g/mol. The molecule has 134 valence electrons. The Morgan fingerprint density at radius 1 is 1.42 bits per heavy atom. The van der Waals surface area contributed by atoms with Gasteiger partial charge in [-0.1, -0.05) is 19.8 Å². The fraction of sp³-hybridized carbons (Fsp3) is 0.778. The second kappa shape index (κ2) is 8.39. The lowest BCUT2D eigenvalue weighted by molar-refractivity contribution is -0.124. The van der Waals surface area contributed by atoms with Crippen molar-refractivity contribution in [1.82, 2.24) is 20.0 Å². The summed E-state index contributed by atoms with van der Waals surface area (Å²) in [5, 5.41) is 8.46. The average Bonchev–Trinajstić information content (AvgIpc) is 3.26. The molecule has 1 amide bonds. The van der Waals surface area contributed by atoms with E-state index in [4.69, 9.17) is 0 Å². The first kappa shape index (κ1) is 17.8. The number of hydrogen-bond donors (Lipinski definition) is 1. The molecule has 1 aliphatic carbocycles. The molecule has 3 rings (SSSR count). The highest BCUT2D eigenvalue weighted by Gasteiger charge is 2.23. The van der Waals surface area contributed by atoms with Crippen molar-refractivity contribution in [1.29, 1.82) is 0 Å². The van der Waals surface area contributed by atoms with Crippen LogP contribution in [-0.4, -0.2) is 45.2 Å². The maximum Gasteiger partial charge on any atom is 0.223 e. The van der Waals surface area contributed by atoms with E-state index in [-0.39, 0.29) is 11.8 Å². The molecular formula is C18H30N4OS. The largest absolute Gasteiger partial charge is 0.350 e. The zero-order valence-corrected chi connectivity index (χ0v) is 15.8. The summed E-state index contributed by atoms with van der Waals surface area (Å²) in [6.45, 7) is 7.03. The second-order valence-corrected chi connectivity index (χ2v) is 8.44. The maximum atomic E-state index is 12.1. The maximum absolute atomic E-state index is 12.1. The number of carbonyl (C=O) groups is 1. The zero-order valence-electron chi connectivity index (χ0n) is 15.0. The molecule has 0 aromatic carbocycles. The minimum absolute atomic E-state index is 0.214. The van der Waals surface area contributed by atoms with E-state index in [2.05, 4.69) is 39.2 Å². The quantitative estimate of drug-likeness (QED) is 0.821. The third kappa shape index (κ3) is 4.54. The number of hydrogen-bond acceptors (Lipinski definition) is 4. The van der Waals surface area contributed by atoms with Gasteiger partial charge in [-0.25, -0.2) is 0 Å². The lowest BCUT2D eigenvalue weighted by Crippen LogP contribution is -2.35. The predicted molar refractivity (Wildman–Crippen MR) is 98.9 cm³/mol. The van der Waals surface area contributed by atoms with Gasteiger partial charge in [-0.3, -0.25) is 14.4 Å². The number of thioether (sulfide) groups is 1. The molecule has 0 spiro atoms. The minimum Gasteiger partial charge on any atom is -0.350 e. The summed E-state index contributed by atoms with van der Waals surface area (Å²) in [6.07, 6.45) is 7.91. The molecule has 2 aliphatic rings. The van der Waals surface area contributed by atoms with Gasteiger partial charge in [0, 0.05) is 24.3 Å². The second-order valence-electron chi connectivity index (χ2n) is 7.16. The first-order chi connectivity index (χ1) is 11.7. The van der Waals surface area contributed by atoms with E-state index in [0.29, 0.717) is 6.54 Å². The van der Waals surface area contributed by atoms with Gasteiger partial charge in [0.05, 0.1) is 24.5 Å². The first-order valence-corrected chi connectivity index (χ1v) is 10.5. The van der Waals surface area contributed by atoms with Crippen LogP contribution in [0.3, 0.4) is 0 Å². The molecule has 1 atom stereocenters. The van der Waals surface area contributed by atoms with Crippen LogP contribution in [0.4, 0.5) is 0 Å². The number of fused-ring (bicyclic) bond motifs is 1. The summed E-state index contributed by atoms with van der Waals surface area (Å²) in [5.74, 6) is 0.447. The van der Waals surface area contributed by atoms with Crippen LogP contribution in [0.15, 0.2) is 6.07 Å². The third-order valence-electron chi connectivity index (χ3n) is 5.35. The van der Waals surface area contributed by atoms with Gasteiger partial charge in [-0.2, -0.15) is 16.9 Å². The number of rotatable bonds is 7. The summed E-state index contributed by atoms with van der Waals surface area (Å²) in [5.41, 5.74) is 2.28. The fourth-order valence-electron chi connectivity index (χ4n) is 3.65. The predicted octanol–water partition coefficient (Wildman–Crippen LogP) is 2.65. The molecule has 24 heavy (non-hydrogen) atoms. The average molecular weight is 351 g/mol. The fourth-order valence-corrected chi connectivity index (χ4v) is 3.99. The molecule has 5 nitrogen and oxygen atoms in total. The van der Waals surface area contributed by atoms with E-state index in [9.17, 15) is 4.79 Å². The minimum atomic E-state index is 0.214. The van der Waals surface area contributed by atoms with Gasteiger partial charge < -0.3 is 5.32 Å². The van der Waals surface area contributed by atoms with Crippen molar-refractivity contribution < 1.29 is 4.79 Å². The lowest BCUT2D eigenvalue weighted by atomic mass is 10.1. The van der Waals surface area contributed by atoms with Gasteiger partial charge in [0.25, 0.3) is 0 Å². The Balaban J connectivity index is 1.48. The Kier molecular flexibility index (Phi) is 6.22. The van der Waals surface area contributed by atoms with Gasteiger partial charge in [-0.15, -0.1) is 0 Å². The third-order valence-corrected chi connectivity index (χ3v) is 6.39. The smallest absolute Gasteiger partial charge is 0.223 e. The SMILES string of the molecule is CS[C@@H](C)CCN1CCn2nc(CNC(=O)C3CCCC3)cc2C1. The lowest BCUT2D eigenvalue weighted by Gasteiger charge is -2.28. The molecule has 1 aliphatic heterocycles. The molecule has 0 radical (unpaired) electrons. The molecule has 0 bridgehead atoms. The van der Waals surface area contributed by atoms with Gasteiger partial charge in [0.15, 0.2) is 0 Å². The number of nitrogens with zero attached hydrogens (tertiary/aromatic N) is 3. The summed E-state index contributed by atoms with van der Waals surface area (Å²) < 4.78 is 2.12. The van der Waals surface area contributed by atoms with Crippen molar-refractivity contribution in [3.05, 3.63) is 17.5 Å². The van der Waals surface area contributed by atoms with Crippen LogP contribution >= 0.6 is 11.8 Å². The summed E-state index contributed by atoms with van der Waals surface area (Å²) in [7, 11) is 0. The van der Waals surface area contributed by atoms with E-state index in [1.165, 1.54) is 25.0 Å². The van der Waals surface area contributed by atoms with E-state index in [1.807, 2.05) is 11.8 Å². The summed E-state index contributed by atoms with van der Waals surface area (Å²) >= 11 is 1.94. The molecular weight excluding hydrogens is 320 g/mol. The van der Waals surface area contributed by atoms with E-state index in [1.54, 1.807) is 0 Å². The van der Waals surface area contributed by atoms with Crippen molar-refractivity contribution in [2.45, 2.75) is 63.9 Å². The highest BCUT2D eigenvalue weighted by molar-refractivity contribution is 7.99. The van der Waals surface area contributed by atoms with Gasteiger partial charge in [0.1, 0.15) is 0 Å². The van der Waals surface area contributed by atoms with E-state index >= 15 is 0 Å². The van der Waals surface area contributed by atoms with Gasteiger partial charge in [0.2, 0.25) is 5.91 Å². The number of carbonyl (C=O) groups excluding carboxylic acids is 1. The van der Waals surface area contributed by atoms with Crippen LogP contribution in [0.2, 0.25) is 0 Å². The van der Waals surface area contributed by atoms with Crippen molar-refractivity contribution in [2.75, 3.05) is 19.3 Å². The van der Waals surface area contributed by atoms with Crippen LogP contribution in [0.1, 0.15) is 50.4 Å². The molecule has 0 unspecified atom stereocenters. The standard InChI is InChI=1S/C18H30N4OS/c1-14(24-2)7-8-21-9-10-22-17(13-21)11-16(20-22)12-19-18(23)15-5-3-4-6-15/h11,14-15H,3-10,12-13H2,1-2H3,(H,19,23)/t14-/m0/s1. The Morgan fingerprint density at radius 3 is 2.96 bits per heavy atom. The Labute approximate surface area is 149 Å². The molecule has 1 aromatic rings. The van der Waals surface area contributed by atoms with Crippen LogP contribution in [0.5, 0.6) is 0 Å². The topological polar surface area (TPSA) is 50.2 Å². The molecule has 2 heterocycles. The molecule has 1 saturated carbocycles. The molecule has 1 aromatic heterocycles. The Morgan fingerprint density at radius 2 is 2.21 bits per heavy atom. The molecule has 0 saturated heterocycles. The van der Waals surface area contributed by atoms with Gasteiger partial charge >= 0.3 is 0 Å². The van der Waals surface area contributed by atoms with Crippen molar-refractivity contribution in [3.63, 3.8) is 0 Å². The highest BCUT2D eigenvalue weighted by atomic mass is 32.2. The summed E-state index contributed by atoms with van der Waals surface area (Å²) in [6, 6.07) is 2.17. The van der Waals surface area contributed by atoms with Crippen molar-refractivity contribution in [2.24, 2.45) is 5.92 Å². The summed E-state index contributed by atoms with van der Waals surface area (Å²) in [4.78, 5) is 14.7. The van der Waals surface area contributed by atoms with E-state index in [0.717, 1.165) is 50.0 Å². The van der Waals surface area contributed by atoms with Crippen LogP contribution in [0, 0.1) is 5.92 Å². The first-order valence-electron chi connectivity index (χ1n) is 9.24. The van der Waals surface area contributed by atoms with E-state index < -0.39 is 0 Å². The molecule has 1 N–H and O–H groups in total.